The first kappa shape index (κ1) is 18.8. The van der Waals surface area contributed by atoms with Crippen LogP contribution in [0, 0.1) is 11.6 Å². The fourth-order valence-corrected chi connectivity index (χ4v) is 3.71. The molecule has 8 heteroatoms. The zero-order valence-electron chi connectivity index (χ0n) is 14.1. The summed E-state index contributed by atoms with van der Waals surface area (Å²) in [6.45, 7) is 0.825. The number of carbonyl (C=O) groups excluding carboxylic acids is 1. The molecule has 1 amide bonds. The Balaban J connectivity index is 0.00000196. The van der Waals surface area contributed by atoms with Gasteiger partial charge in [0.05, 0.1) is 12.1 Å². The maximum atomic E-state index is 13.4. The second-order valence-corrected chi connectivity index (χ2v) is 6.89. The van der Waals surface area contributed by atoms with Gasteiger partial charge in [0.2, 0.25) is 11.8 Å². The minimum atomic E-state index is -0.768. The van der Waals surface area contributed by atoms with Crippen molar-refractivity contribution in [2.45, 2.75) is 44.2 Å². The molecule has 4 rings (SSSR count). The Bertz CT molecular complexity index is 814. The lowest BCUT2D eigenvalue weighted by molar-refractivity contribution is -0.137. The van der Waals surface area contributed by atoms with Crippen molar-refractivity contribution in [2.75, 3.05) is 6.54 Å². The van der Waals surface area contributed by atoms with Gasteiger partial charge in [-0.1, -0.05) is 12.8 Å². The molecule has 0 unspecified atom stereocenters. The molecule has 0 saturated heterocycles. The third kappa shape index (κ3) is 3.33. The van der Waals surface area contributed by atoms with Crippen LogP contribution in [0.3, 0.4) is 0 Å². The highest BCUT2D eigenvalue weighted by Gasteiger charge is 2.41. The molecule has 1 aliphatic heterocycles. The van der Waals surface area contributed by atoms with E-state index in [4.69, 9.17) is 10.2 Å². The largest absolute Gasteiger partial charge is 0.441 e. The summed E-state index contributed by atoms with van der Waals surface area (Å²) in [5.41, 5.74) is 6.37. The van der Waals surface area contributed by atoms with Gasteiger partial charge in [0.1, 0.15) is 23.1 Å². The highest BCUT2D eigenvalue weighted by Crippen LogP contribution is 2.32. The molecule has 1 saturated carbocycles. The van der Waals surface area contributed by atoms with Gasteiger partial charge in [-0.05, 0) is 25.0 Å². The number of amides is 1. The summed E-state index contributed by atoms with van der Waals surface area (Å²) in [4.78, 5) is 18.8. The molecular weight excluding hydrogens is 364 g/mol. The highest BCUT2D eigenvalue weighted by molar-refractivity contribution is 5.86. The van der Waals surface area contributed by atoms with Crippen molar-refractivity contribution >= 4 is 18.3 Å². The Hall–Kier alpha value is -1.99. The van der Waals surface area contributed by atoms with E-state index in [-0.39, 0.29) is 29.8 Å². The number of oxazole rings is 1. The molecule has 26 heavy (non-hydrogen) atoms. The molecule has 0 atom stereocenters. The quantitative estimate of drug-likeness (QED) is 0.864. The molecule has 1 aromatic carbocycles. The molecule has 2 heterocycles. The van der Waals surface area contributed by atoms with Crippen LogP contribution in [0.15, 0.2) is 22.6 Å². The van der Waals surface area contributed by atoms with Crippen molar-refractivity contribution < 1.29 is 18.0 Å². The summed E-state index contributed by atoms with van der Waals surface area (Å²) in [7, 11) is 0. The number of aromatic nitrogens is 1. The Kier molecular flexibility index (Phi) is 5.03. The number of nitrogens with two attached hydrogens (primary N) is 1. The van der Waals surface area contributed by atoms with Gasteiger partial charge in [0.15, 0.2) is 0 Å². The summed E-state index contributed by atoms with van der Waals surface area (Å²) in [6, 6.07) is 3.16. The second kappa shape index (κ2) is 6.96. The third-order valence-electron chi connectivity index (χ3n) is 5.05. The zero-order chi connectivity index (χ0) is 17.6. The molecule has 2 aliphatic rings. The Morgan fingerprint density at radius 1 is 1.19 bits per heavy atom. The minimum absolute atomic E-state index is 0. The fourth-order valence-electron chi connectivity index (χ4n) is 3.71. The van der Waals surface area contributed by atoms with Crippen LogP contribution >= 0.6 is 12.4 Å². The van der Waals surface area contributed by atoms with Gasteiger partial charge >= 0.3 is 0 Å². The molecule has 140 valence electrons. The topological polar surface area (TPSA) is 72.4 Å². The van der Waals surface area contributed by atoms with Crippen LogP contribution in [0.25, 0.3) is 11.5 Å². The number of halogens is 3. The van der Waals surface area contributed by atoms with Gasteiger partial charge in [-0.15, -0.1) is 12.4 Å². The molecule has 0 spiro atoms. The first-order chi connectivity index (χ1) is 11.9. The van der Waals surface area contributed by atoms with Crippen LogP contribution in [-0.2, 0) is 17.8 Å². The summed E-state index contributed by atoms with van der Waals surface area (Å²) in [5, 5.41) is 0. The van der Waals surface area contributed by atoms with Crippen LogP contribution in [0.1, 0.15) is 37.1 Å². The number of hydrogen-bond donors (Lipinski definition) is 1. The SMILES string of the molecule is Cl.NC1(C(=O)N2CCc3oc(-c4cc(F)cc(F)c4)nc3C2)CCCC1. The summed E-state index contributed by atoms with van der Waals surface area (Å²) < 4.78 is 32.5. The maximum absolute atomic E-state index is 13.4. The monoisotopic (exact) mass is 383 g/mol. The van der Waals surface area contributed by atoms with Crippen LogP contribution in [0.2, 0.25) is 0 Å². The molecule has 2 aromatic rings. The molecule has 1 fully saturated rings. The standard InChI is InChI=1S/C18H19F2N3O2.ClH/c19-12-7-11(8-13(20)9-12)16-22-14-10-23(6-3-15(14)25-16)17(24)18(21)4-1-2-5-18;/h7-9H,1-6,10,21H2;1H. The molecule has 1 aliphatic carbocycles. The van der Waals surface area contributed by atoms with Gasteiger partial charge in [-0.2, -0.15) is 0 Å². The number of carbonyl (C=O) groups is 1. The van der Waals surface area contributed by atoms with Crippen molar-refractivity contribution in [1.82, 2.24) is 9.88 Å². The molecular formula is C18H20ClF2N3O2. The maximum Gasteiger partial charge on any atom is 0.243 e. The van der Waals surface area contributed by atoms with Crippen LogP contribution < -0.4 is 5.73 Å². The molecule has 5 nitrogen and oxygen atoms in total. The lowest BCUT2D eigenvalue weighted by Crippen LogP contribution is -2.54. The Morgan fingerprint density at radius 3 is 2.50 bits per heavy atom. The first-order valence-electron chi connectivity index (χ1n) is 8.48. The van der Waals surface area contributed by atoms with E-state index in [2.05, 4.69) is 4.98 Å². The van der Waals surface area contributed by atoms with Crippen LogP contribution in [-0.4, -0.2) is 27.9 Å². The fraction of sp³-hybridized carbons (Fsp3) is 0.444. The molecule has 0 bridgehead atoms. The third-order valence-corrected chi connectivity index (χ3v) is 5.05. The summed E-state index contributed by atoms with van der Waals surface area (Å²) in [5.74, 6) is -0.595. The lowest BCUT2D eigenvalue weighted by atomic mass is 9.96. The van der Waals surface area contributed by atoms with Crippen molar-refractivity contribution in [1.29, 1.82) is 0 Å². The van der Waals surface area contributed by atoms with Gasteiger partial charge in [0, 0.05) is 24.6 Å². The number of benzene rings is 1. The predicted molar refractivity (Wildman–Crippen MR) is 93.6 cm³/mol. The normalized spacial score (nSPS) is 18.3. The van der Waals surface area contributed by atoms with E-state index in [1.54, 1.807) is 4.90 Å². The minimum Gasteiger partial charge on any atom is -0.441 e. The number of hydrogen-bond acceptors (Lipinski definition) is 4. The van der Waals surface area contributed by atoms with Gasteiger partial charge < -0.3 is 15.1 Å². The average Bonchev–Trinajstić information content (AvgIpc) is 3.19. The van der Waals surface area contributed by atoms with E-state index in [0.717, 1.165) is 18.9 Å². The summed E-state index contributed by atoms with van der Waals surface area (Å²) in [6.07, 6.45) is 3.88. The predicted octanol–water partition coefficient (Wildman–Crippen LogP) is 3.20. The molecule has 2 N–H and O–H groups in total. The number of rotatable bonds is 2. The van der Waals surface area contributed by atoms with Gasteiger partial charge in [-0.25, -0.2) is 13.8 Å². The van der Waals surface area contributed by atoms with E-state index < -0.39 is 17.2 Å². The van der Waals surface area contributed by atoms with E-state index in [1.807, 2.05) is 0 Å². The van der Waals surface area contributed by atoms with Crippen molar-refractivity contribution in [3.05, 3.63) is 41.3 Å². The zero-order valence-corrected chi connectivity index (χ0v) is 15.0. The average molecular weight is 384 g/mol. The van der Waals surface area contributed by atoms with E-state index >= 15 is 0 Å². The molecule has 0 radical (unpaired) electrons. The lowest BCUT2D eigenvalue weighted by Gasteiger charge is -2.33. The van der Waals surface area contributed by atoms with Crippen molar-refractivity contribution in [3.8, 4) is 11.5 Å². The van der Waals surface area contributed by atoms with E-state index in [1.165, 1.54) is 12.1 Å². The highest BCUT2D eigenvalue weighted by atomic mass is 35.5. The number of nitrogens with zero attached hydrogens (tertiary/aromatic N) is 2. The Morgan fingerprint density at radius 2 is 1.85 bits per heavy atom. The van der Waals surface area contributed by atoms with E-state index in [9.17, 15) is 13.6 Å². The Labute approximate surface area is 156 Å². The summed E-state index contributed by atoms with van der Waals surface area (Å²) >= 11 is 0. The van der Waals surface area contributed by atoms with E-state index in [0.29, 0.717) is 43.8 Å². The number of fused-ring (bicyclic) bond motifs is 1. The van der Waals surface area contributed by atoms with Crippen molar-refractivity contribution in [2.24, 2.45) is 5.73 Å². The second-order valence-electron chi connectivity index (χ2n) is 6.89. The van der Waals surface area contributed by atoms with Gasteiger partial charge in [0.25, 0.3) is 0 Å². The first-order valence-corrected chi connectivity index (χ1v) is 8.48. The van der Waals surface area contributed by atoms with Gasteiger partial charge in [-0.3, -0.25) is 4.79 Å². The molecule has 1 aromatic heterocycles. The van der Waals surface area contributed by atoms with Crippen LogP contribution in [0.4, 0.5) is 8.78 Å². The van der Waals surface area contributed by atoms with Crippen molar-refractivity contribution in [3.63, 3.8) is 0 Å². The smallest absolute Gasteiger partial charge is 0.243 e. The van der Waals surface area contributed by atoms with Crippen LogP contribution in [0.5, 0.6) is 0 Å².